The number of carbonyl (C=O) groups is 3. The standard InChI is InChI=1S/C14H16N2O4S/c1-14-5-4-12(18)16(14)10(8-21-14)13(19)20-7-11(17)9-3-2-6-15-9/h2-3,6,10,15H,4-5,7-8H2,1H3/t10-,14-/m1/s1. The molecule has 1 aromatic rings. The van der Waals surface area contributed by atoms with E-state index in [0.717, 1.165) is 6.42 Å². The molecule has 1 amide bonds. The molecule has 2 atom stereocenters. The third kappa shape index (κ3) is 2.46. The van der Waals surface area contributed by atoms with E-state index >= 15 is 0 Å². The van der Waals surface area contributed by atoms with Gasteiger partial charge in [0.25, 0.3) is 0 Å². The summed E-state index contributed by atoms with van der Waals surface area (Å²) in [5.41, 5.74) is 0.408. The van der Waals surface area contributed by atoms with Gasteiger partial charge in [-0.2, -0.15) is 0 Å². The highest BCUT2D eigenvalue weighted by Gasteiger charge is 2.53. The van der Waals surface area contributed by atoms with Crippen LogP contribution in [0.2, 0.25) is 0 Å². The van der Waals surface area contributed by atoms with E-state index in [9.17, 15) is 14.4 Å². The fourth-order valence-electron chi connectivity index (χ4n) is 2.81. The minimum Gasteiger partial charge on any atom is -0.456 e. The number of Topliss-reactive ketones (excluding diaryl/α,β-unsaturated/α-hetero) is 1. The Morgan fingerprint density at radius 1 is 1.57 bits per heavy atom. The van der Waals surface area contributed by atoms with Gasteiger partial charge < -0.3 is 14.6 Å². The van der Waals surface area contributed by atoms with Crippen LogP contribution in [0.25, 0.3) is 0 Å². The number of carbonyl (C=O) groups excluding carboxylic acids is 3. The lowest BCUT2D eigenvalue weighted by Crippen LogP contribution is -2.46. The number of ether oxygens (including phenoxy) is 1. The highest BCUT2D eigenvalue weighted by Crippen LogP contribution is 2.47. The molecular formula is C14H16N2O4S. The summed E-state index contributed by atoms with van der Waals surface area (Å²) in [4.78, 5) is 40.0. The number of aromatic nitrogens is 1. The lowest BCUT2D eigenvalue weighted by atomic mass is 10.2. The topological polar surface area (TPSA) is 79.5 Å². The molecule has 1 aromatic heterocycles. The van der Waals surface area contributed by atoms with Crippen molar-refractivity contribution in [3.63, 3.8) is 0 Å². The molecule has 0 aliphatic carbocycles. The molecule has 0 radical (unpaired) electrons. The zero-order valence-corrected chi connectivity index (χ0v) is 12.4. The molecule has 6 nitrogen and oxygen atoms in total. The molecule has 0 saturated carbocycles. The van der Waals surface area contributed by atoms with E-state index < -0.39 is 12.0 Å². The van der Waals surface area contributed by atoms with Gasteiger partial charge in [-0.25, -0.2) is 4.79 Å². The van der Waals surface area contributed by atoms with Gasteiger partial charge in [-0.15, -0.1) is 11.8 Å². The number of ketones is 1. The normalized spacial score (nSPS) is 27.8. The Hall–Kier alpha value is -1.76. The summed E-state index contributed by atoms with van der Waals surface area (Å²) in [5, 5.41) is 0. The predicted molar refractivity (Wildman–Crippen MR) is 76.8 cm³/mol. The third-order valence-electron chi connectivity index (χ3n) is 3.96. The molecule has 7 heteroatoms. The van der Waals surface area contributed by atoms with Crippen LogP contribution in [-0.4, -0.2) is 50.8 Å². The number of nitrogens with zero attached hydrogens (tertiary/aromatic N) is 1. The van der Waals surface area contributed by atoms with Gasteiger partial charge >= 0.3 is 5.97 Å². The molecule has 112 valence electrons. The molecule has 2 aliphatic heterocycles. The van der Waals surface area contributed by atoms with Crippen LogP contribution in [0.5, 0.6) is 0 Å². The quantitative estimate of drug-likeness (QED) is 0.668. The second kappa shape index (κ2) is 5.22. The van der Waals surface area contributed by atoms with Gasteiger partial charge in [0.15, 0.2) is 6.61 Å². The predicted octanol–water partition coefficient (Wildman–Crippen LogP) is 1.19. The zero-order chi connectivity index (χ0) is 15.0. The average Bonchev–Trinajstić information content (AvgIpc) is 3.14. The van der Waals surface area contributed by atoms with Crippen LogP contribution in [0.4, 0.5) is 0 Å². The van der Waals surface area contributed by atoms with Crippen LogP contribution in [0, 0.1) is 0 Å². The number of esters is 1. The van der Waals surface area contributed by atoms with Gasteiger partial charge in [-0.1, -0.05) is 0 Å². The third-order valence-corrected chi connectivity index (χ3v) is 5.47. The second-order valence-corrected chi connectivity index (χ2v) is 6.88. The smallest absolute Gasteiger partial charge is 0.330 e. The lowest BCUT2D eigenvalue weighted by Gasteiger charge is -2.29. The monoisotopic (exact) mass is 308 g/mol. The fourth-order valence-corrected chi connectivity index (χ4v) is 4.23. The summed E-state index contributed by atoms with van der Waals surface area (Å²) in [6, 6.07) is 2.76. The van der Waals surface area contributed by atoms with E-state index in [0.29, 0.717) is 17.9 Å². The maximum absolute atomic E-state index is 12.2. The van der Waals surface area contributed by atoms with Crippen LogP contribution in [0.1, 0.15) is 30.3 Å². The number of H-pyrrole nitrogens is 1. The van der Waals surface area contributed by atoms with Crippen LogP contribution in [0.3, 0.4) is 0 Å². The largest absolute Gasteiger partial charge is 0.456 e. The molecule has 1 N–H and O–H groups in total. The molecule has 2 aliphatic rings. The minimum atomic E-state index is -0.577. The summed E-state index contributed by atoms with van der Waals surface area (Å²) >= 11 is 1.60. The van der Waals surface area contributed by atoms with Crippen molar-refractivity contribution in [1.82, 2.24) is 9.88 Å². The van der Waals surface area contributed by atoms with Crippen molar-refractivity contribution in [2.75, 3.05) is 12.4 Å². The Morgan fingerprint density at radius 3 is 3.10 bits per heavy atom. The van der Waals surface area contributed by atoms with E-state index in [-0.39, 0.29) is 23.2 Å². The summed E-state index contributed by atoms with van der Waals surface area (Å²) in [7, 11) is 0. The van der Waals surface area contributed by atoms with Gasteiger partial charge in [0, 0.05) is 18.4 Å². The molecule has 3 heterocycles. The van der Waals surface area contributed by atoms with Crippen molar-refractivity contribution in [1.29, 1.82) is 0 Å². The molecule has 21 heavy (non-hydrogen) atoms. The Bertz CT molecular complexity index is 586. The molecule has 3 rings (SSSR count). The van der Waals surface area contributed by atoms with Gasteiger partial charge in [0.1, 0.15) is 6.04 Å². The summed E-state index contributed by atoms with van der Waals surface area (Å²) < 4.78 is 5.10. The number of fused-ring (bicyclic) bond motifs is 1. The van der Waals surface area contributed by atoms with Crippen molar-refractivity contribution in [3.05, 3.63) is 24.0 Å². The molecule has 2 saturated heterocycles. The number of hydrogen-bond donors (Lipinski definition) is 1. The first-order chi connectivity index (χ1) is 10.0. The minimum absolute atomic E-state index is 0.0138. The van der Waals surface area contributed by atoms with Crippen molar-refractivity contribution < 1.29 is 19.1 Å². The number of nitrogens with one attached hydrogen (secondary N) is 1. The van der Waals surface area contributed by atoms with Gasteiger partial charge in [-0.05, 0) is 25.5 Å². The lowest BCUT2D eigenvalue weighted by molar-refractivity contribution is -0.152. The van der Waals surface area contributed by atoms with Crippen LogP contribution in [-0.2, 0) is 14.3 Å². The average molecular weight is 308 g/mol. The van der Waals surface area contributed by atoms with E-state index in [1.54, 1.807) is 35.0 Å². The second-order valence-electron chi connectivity index (χ2n) is 5.38. The maximum atomic E-state index is 12.2. The van der Waals surface area contributed by atoms with Crippen LogP contribution in [0.15, 0.2) is 18.3 Å². The maximum Gasteiger partial charge on any atom is 0.330 e. The van der Waals surface area contributed by atoms with Crippen LogP contribution < -0.4 is 0 Å². The van der Waals surface area contributed by atoms with Crippen molar-refractivity contribution >= 4 is 29.4 Å². The summed E-state index contributed by atoms with van der Waals surface area (Å²) in [6.07, 6.45) is 2.85. The van der Waals surface area contributed by atoms with E-state index in [2.05, 4.69) is 4.98 Å². The number of rotatable bonds is 4. The molecular weight excluding hydrogens is 292 g/mol. The number of thioether (sulfide) groups is 1. The van der Waals surface area contributed by atoms with Crippen molar-refractivity contribution in [3.8, 4) is 0 Å². The molecule has 0 unspecified atom stereocenters. The van der Waals surface area contributed by atoms with Crippen LogP contribution >= 0.6 is 11.8 Å². The Balaban J connectivity index is 1.61. The first kappa shape index (κ1) is 14.2. The van der Waals surface area contributed by atoms with Gasteiger partial charge in [-0.3, -0.25) is 9.59 Å². The Labute approximate surface area is 126 Å². The Morgan fingerprint density at radius 2 is 2.38 bits per heavy atom. The van der Waals surface area contributed by atoms with E-state index in [1.165, 1.54) is 0 Å². The zero-order valence-electron chi connectivity index (χ0n) is 11.6. The van der Waals surface area contributed by atoms with Crippen molar-refractivity contribution in [2.45, 2.75) is 30.7 Å². The highest BCUT2D eigenvalue weighted by molar-refractivity contribution is 8.01. The van der Waals surface area contributed by atoms with E-state index in [1.807, 2.05) is 6.92 Å². The van der Waals surface area contributed by atoms with E-state index in [4.69, 9.17) is 4.74 Å². The molecule has 2 fully saturated rings. The number of aromatic amines is 1. The first-order valence-electron chi connectivity index (χ1n) is 6.80. The van der Waals surface area contributed by atoms with Gasteiger partial charge in [0.2, 0.25) is 11.7 Å². The SMILES string of the molecule is C[C@@]12CCC(=O)N1[C@@H](C(=O)OCC(=O)c1ccc[nH]1)CS2. The molecule has 0 aromatic carbocycles. The fraction of sp³-hybridized carbons (Fsp3) is 0.500. The number of amides is 1. The van der Waals surface area contributed by atoms with Crippen molar-refractivity contribution in [2.24, 2.45) is 0 Å². The highest BCUT2D eigenvalue weighted by atomic mass is 32.2. The Kier molecular flexibility index (Phi) is 3.52. The first-order valence-corrected chi connectivity index (χ1v) is 7.79. The molecule has 0 spiro atoms. The summed E-state index contributed by atoms with van der Waals surface area (Å²) in [6.45, 7) is 1.67. The summed E-state index contributed by atoms with van der Waals surface area (Å²) in [5.74, 6) is -0.270. The van der Waals surface area contributed by atoms with Gasteiger partial charge in [0.05, 0.1) is 10.6 Å². The molecule has 0 bridgehead atoms. The number of hydrogen-bond acceptors (Lipinski definition) is 5.